The first-order valence-electron chi connectivity index (χ1n) is 5.39. The van der Waals surface area contributed by atoms with E-state index in [0.717, 1.165) is 29.9 Å². The molecule has 0 spiro atoms. The Hall–Kier alpha value is -1.84. The van der Waals surface area contributed by atoms with Crippen molar-refractivity contribution in [3.05, 3.63) is 52.0 Å². The maximum atomic E-state index is 11.2. The van der Waals surface area contributed by atoms with Gasteiger partial charge in [-0.3, -0.25) is 4.79 Å². The molecule has 0 saturated carbocycles. The third-order valence-corrected chi connectivity index (χ3v) is 2.65. The summed E-state index contributed by atoms with van der Waals surface area (Å²) in [6, 6.07) is 1.91. The highest BCUT2D eigenvalue weighted by atomic mass is 16.1. The van der Waals surface area contributed by atoms with Crippen molar-refractivity contribution in [1.29, 1.82) is 0 Å². The molecule has 0 atom stereocenters. The largest absolute Gasteiger partial charge is 0.335 e. The second-order valence-corrected chi connectivity index (χ2v) is 3.83. The number of nitrogens with one attached hydrogen (secondary N) is 1. The van der Waals surface area contributed by atoms with E-state index in [2.05, 4.69) is 21.5 Å². The highest BCUT2D eigenvalue weighted by Crippen LogP contribution is 2.06. The fourth-order valence-electron chi connectivity index (χ4n) is 1.74. The number of aromatic nitrogens is 3. The van der Waals surface area contributed by atoms with Crippen LogP contribution >= 0.6 is 0 Å². The van der Waals surface area contributed by atoms with Crippen molar-refractivity contribution in [2.24, 2.45) is 0 Å². The van der Waals surface area contributed by atoms with Crippen LogP contribution in [0.2, 0.25) is 0 Å². The smallest absolute Gasteiger partial charge is 0.250 e. The lowest BCUT2D eigenvalue weighted by Gasteiger charge is -2.05. The topological polar surface area (TPSA) is 50.7 Å². The first-order chi connectivity index (χ1) is 7.70. The average molecular weight is 217 g/mol. The molecule has 0 amide bonds. The molecule has 4 nitrogen and oxygen atoms in total. The van der Waals surface area contributed by atoms with Gasteiger partial charge in [-0.1, -0.05) is 0 Å². The molecule has 4 heteroatoms. The predicted octanol–water partition coefficient (Wildman–Crippen LogP) is 1.49. The third-order valence-electron chi connectivity index (χ3n) is 2.65. The van der Waals surface area contributed by atoms with Gasteiger partial charge in [0.15, 0.2) is 0 Å². The van der Waals surface area contributed by atoms with Crippen LogP contribution in [0, 0.1) is 6.92 Å². The maximum absolute atomic E-state index is 11.2. The molecule has 16 heavy (non-hydrogen) atoms. The molecule has 0 fully saturated rings. The lowest BCUT2D eigenvalue weighted by atomic mass is 10.1. The Morgan fingerprint density at radius 1 is 1.50 bits per heavy atom. The van der Waals surface area contributed by atoms with Crippen LogP contribution < -0.4 is 5.56 Å². The molecule has 1 N–H and O–H groups in total. The minimum atomic E-state index is -0.0254. The van der Waals surface area contributed by atoms with Gasteiger partial charge < -0.3 is 9.55 Å². The van der Waals surface area contributed by atoms with E-state index in [1.165, 1.54) is 0 Å². The van der Waals surface area contributed by atoms with E-state index < -0.39 is 0 Å². The Kier molecular flexibility index (Phi) is 2.90. The predicted molar refractivity (Wildman–Crippen MR) is 62.5 cm³/mol. The number of hydrogen-bond acceptors (Lipinski definition) is 2. The van der Waals surface area contributed by atoms with Crippen molar-refractivity contribution in [2.75, 3.05) is 0 Å². The van der Waals surface area contributed by atoms with Crippen molar-refractivity contribution >= 4 is 0 Å². The molecule has 0 aliphatic rings. The second kappa shape index (κ2) is 4.35. The highest BCUT2D eigenvalue weighted by molar-refractivity contribution is 5.20. The van der Waals surface area contributed by atoms with Gasteiger partial charge in [-0.15, -0.1) is 0 Å². The number of imidazole rings is 1. The van der Waals surface area contributed by atoms with Crippen molar-refractivity contribution in [2.45, 2.75) is 26.8 Å². The summed E-state index contributed by atoms with van der Waals surface area (Å²) in [6.07, 6.45) is 6.27. The summed E-state index contributed by atoms with van der Waals surface area (Å²) in [4.78, 5) is 18.3. The summed E-state index contributed by atoms with van der Waals surface area (Å²) in [6.45, 7) is 4.82. The number of H-pyrrole nitrogens is 1. The summed E-state index contributed by atoms with van der Waals surface area (Å²) in [5, 5.41) is 0. The van der Waals surface area contributed by atoms with Crippen LogP contribution in [0.1, 0.15) is 23.9 Å². The Balaban J connectivity index is 2.27. The molecule has 0 aromatic carbocycles. The van der Waals surface area contributed by atoms with Crippen LogP contribution in [0.25, 0.3) is 0 Å². The molecular weight excluding hydrogens is 202 g/mol. The van der Waals surface area contributed by atoms with E-state index in [9.17, 15) is 4.79 Å². The number of hydrogen-bond donors (Lipinski definition) is 1. The fraction of sp³-hybridized carbons (Fsp3) is 0.333. The molecule has 2 aromatic heterocycles. The van der Waals surface area contributed by atoms with Gasteiger partial charge >= 0.3 is 0 Å². The second-order valence-electron chi connectivity index (χ2n) is 3.83. The maximum Gasteiger partial charge on any atom is 0.250 e. The van der Waals surface area contributed by atoms with Crippen molar-refractivity contribution < 1.29 is 0 Å². The van der Waals surface area contributed by atoms with Crippen molar-refractivity contribution in [1.82, 2.24) is 14.5 Å². The lowest BCUT2D eigenvalue weighted by molar-refractivity contribution is 0.711. The molecule has 0 saturated heterocycles. The van der Waals surface area contributed by atoms with Gasteiger partial charge in [0.1, 0.15) is 5.82 Å². The van der Waals surface area contributed by atoms with Gasteiger partial charge in [0.2, 0.25) is 0 Å². The lowest BCUT2D eigenvalue weighted by Crippen LogP contribution is -2.10. The molecule has 0 radical (unpaired) electrons. The van der Waals surface area contributed by atoms with E-state index >= 15 is 0 Å². The number of rotatable bonds is 3. The number of nitrogens with zero attached hydrogens (tertiary/aromatic N) is 2. The Morgan fingerprint density at radius 2 is 2.31 bits per heavy atom. The van der Waals surface area contributed by atoms with Crippen LogP contribution in [0.3, 0.4) is 0 Å². The average Bonchev–Trinajstić information content (AvgIpc) is 2.71. The quantitative estimate of drug-likeness (QED) is 0.846. The van der Waals surface area contributed by atoms with Crippen LogP contribution in [-0.2, 0) is 13.0 Å². The van der Waals surface area contributed by atoms with Crippen molar-refractivity contribution in [3.63, 3.8) is 0 Å². The number of aromatic amines is 1. The van der Waals surface area contributed by atoms with Crippen LogP contribution in [0.5, 0.6) is 0 Å². The summed E-state index contributed by atoms with van der Waals surface area (Å²) in [5.74, 6) is 1.02. The summed E-state index contributed by atoms with van der Waals surface area (Å²) in [5.41, 5.74) is 1.80. The molecule has 2 heterocycles. The Labute approximate surface area is 94.0 Å². The van der Waals surface area contributed by atoms with Gasteiger partial charge in [-0.2, -0.15) is 0 Å². The third kappa shape index (κ3) is 2.05. The van der Waals surface area contributed by atoms with E-state index in [4.69, 9.17) is 0 Å². The van der Waals surface area contributed by atoms with E-state index in [0.29, 0.717) is 0 Å². The first-order valence-corrected chi connectivity index (χ1v) is 5.39. The molecule has 2 rings (SSSR count). The summed E-state index contributed by atoms with van der Waals surface area (Å²) < 4.78 is 2.10. The van der Waals surface area contributed by atoms with Gasteiger partial charge in [0.25, 0.3) is 5.56 Å². The van der Waals surface area contributed by atoms with Crippen LogP contribution in [0.4, 0.5) is 0 Å². The molecule has 0 bridgehead atoms. The fourth-order valence-corrected chi connectivity index (χ4v) is 1.74. The van der Waals surface area contributed by atoms with E-state index in [-0.39, 0.29) is 5.56 Å². The molecule has 84 valence electrons. The minimum absolute atomic E-state index is 0.0254. The van der Waals surface area contributed by atoms with E-state index in [1.807, 2.05) is 19.2 Å². The van der Waals surface area contributed by atoms with E-state index in [1.54, 1.807) is 12.4 Å². The van der Waals surface area contributed by atoms with Crippen LogP contribution in [-0.4, -0.2) is 14.5 Å². The molecule has 2 aromatic rings. The molecule has 0 unspecified atom stereocenters. The number of aryl methyl sites for hydroxylation is 2. The molecular formula is C12H15N3O. The Morgan fingerprint density at radius 3 is 3.00 bits per heavy atom. The molecule has 0 aliphatic heterocycles. The zero-order valence-electron chi connectivity index (χ0n) is 9.53. The van der Waals surface area contributed by atoms with Crippen LogP contribution in [0.15, 0.2) is 29.5 Å². The summed E-state index contributed by atoms with van der Waals surface area (Å²) in [7, 11) is 0. The molecule has 0 aliphatic carbocycles. The zero-order chi connectivity index (χ0) is 11.5. The summed E-state index contributed by atoms with van der Waals surface area (Å²) >= 11 is 0. The highest BCUT2D eigenvalue weighted by Gasteiger charge is 2.04. The van der Waals surface area contributed by atoms with Gasteiger partial charge in [0.05, 0.1) is 0 Å². The standard InChI is InChI=1S/C12H15N3O/c1-3-15-5-4-13-11(15)7-10-6-9(2)12(16)14-8-10/h4-6,8H,3,7H2,1-2H3,(H,14,16). The van der Waals surface area contributed by atoms with Gasteiger partial charge in [-0.05, 0) is 25.5 Å². The SMILES string of the molecule is CCn1ccnc1Cc1c[nH]c(=O)c(C)c1. The Bertz CT molecular complexity index is 539. The van der Waals surface area contributed by atoms with Gasteiger partial charge in [-0.25, -0.2) is 4.98 Å². The number of pyridine rings is 1. The van der Waals surface area contributed by atoms with Crippen molar-refractivity contribution in [3.8, 4) is 0 Å². The first kappa shape index (κ1) is 10.7. The normalized spacial score (nSPS) is 10.6. The zero-order valence-corrected chi connectivity index (χ0v) is 9.53. The monoisotopic (exact) mass is 217 g/mol. The minimum Gasteiger partial charge on any atom is -0.335 e. The van der Waals surface area contributed by atoms with Gasteiger partial charge in [0, 0.05) is 37.1 Å².